The molecule has 2 aliphatic rings. The molecule has 0 aromatic heterocycles. The first-order valence-electron chi connectivity index (χ1n) is 11.0. The van der Waals surface area contributed by atoms with E-state index in [1.165, 1.54) is 36.8 Å². The van der Waals surface area contributed by atoms with Crippen LogP contribution >= 0.6 is 0 Å². The highest BCUT2D eigenvalue weighted by Crippen LogP contribution is 2.34. The minimum atomic E-state index is 0.271. The fourth-order valence-corrected chi connectivity index (χ4v) is 4.83. The van der Waals surface area contributed by atoms with Crippen molar-refractivity contribution < 1.29 is 4.74 Å². The normalized spacial score (nSPS) is 28.9. The Morgan fingerprint density at radius 1 is 0.857 bits per heavy atom. The number of nitrogens with zero attached hydrogens (tertiary/aromatic N) is 1. The molecule has 2 aromatic carbocycles. The van der Waals surface area contributed by atoms with Crippen LogP contribution in [-0.2, 0) is 11.3 Å². The van der Waals surface area contributed by atoms with Gasteiger partial charge in [0.05, 0.1) is 12.7 Å². The van der Waals surface area contributed by atoms with Gasteiger partial charge in [-0.25, -0.2) is 0 Å². The topological polar surface area (TPSA) is 38.5 Å². The van der Waals surface area contributed by atoms with Gasteiger partial charge in [-0.15, -0.1) is 0 Å². The van der Waals surface area contributed by atoms with Gasteiger partial charge in [-0.2, -0.15) is 0 Å². The summed E-state index contributed by atoms with van der Waals surface area (Å²) in [4.78, 5) is 2.54. The Kier molecular flexibility index (Phi) is 6.79. The summed E-state index contributed by atoms with van der Waals surface area (Å²) in [6.45, 7) is 3.98. The SMILES string of the molecule is N[C@H]1CCN(Cc2ccccc2)CC1COC1CCC(c2ccccc2)CC1. The lowest BCUT2D eigenvalue weighted by Gasteiger charge is -2.38. The average Bonchev–Trinajstić information content (AvgIpc) is 2.76. The minimum absolute atomic E-state index is 0.271. The van der Waals surface area contributed by atoms with Crippen molar-refractivity contribution in [1.29, 1.82) is 0 Å². The number of hydrogen-bond acceptors (Lipinski definition) is 3. The van der Waals surface area contributed by atoms with Crippen molar-refractivity contribution in [3.8, 4) is 0 Å². The van der Waals surface area contributed by atoms with Crippen LogP contribution in [0.5, 0.6) is 0 Å². The molecular weight excluding hydrogens is 344 g/mol. The minimum Gasteiger partial charge on any atom is -0.378 e. The second-order valence-corrected chi connectivity index (χ2v) is 8.65. The van der Waals surface area contributed by atoms with Crippen LogP contribution in [0.3, 0.4) is 0 Å². The summed E-state index contributed by atoms with van der Waals surface area (Å²) in [5, 5.41) is 0. The van der Waals surface area contributed by atoms with Crippen molar-refractivity contribution in [2.75, 3.05) is 19.7 Å². The molecule has 4 rings (SSSR count). The molecule has 0 amide bonds. The monoisotopic (exact) mass is 378 g/mol. The van der Waals surface area contributed by atoms with E-state index in [0.29, 0.717) is 17.9 Å². The Balaban J connectivity index is 1.23. The van der Waals surface area contributed by atoms with Gasteiger partial charge in [0.1, 0.15) is 0 Å². The third-order valence-corrected chi connectivity index (χ3v) is 6.62. The van der Waals surface area contributed by atoms with E-state index in [0.717, 1.165) is 32.7 Å². The highest BCUT2D eigenvalue weighted by Gasteiger charge is 2.29. The summed E-state index contributed by atoms with van der Waals surface area (Å²) in [5.41, 5.74) is 9.32. The van der Waals surface area contributed by atoms with Gasteiger partial charge in [-0.05, 0) is 55.7 Å². The summed E-state index contributed by atoms with van der Waals surface area (Å²) < 4.78 is 6.37. The van der Waals surface area contributed by atoms with Gasteiger partial charge in [-0.3, -0.25) is 4.90 Å². The van der Waals surface area contributed by atoms with Crippen molar-refractivity contribution in [3.63, 3.8) is 0 Å². The highest BCUT2D eigenvalue weighted by atomic mass is 16.5. The van der Waals surface area contributed by atoms with Gasteiger partial charge in [0, 0.05) is 25.0 Å². The third-order valence-electron chi connectivity index (χ3n) is 6.62. The Hall–Kier alpha value is -1.68. The molecule has 1 saturated carbocycles. The zero-order valence-electron chi connectivity index (χ0n) is 16.9. The van der Waals surface area contributed by atoms with Gasteiger partial charge in [0.15, 0.2) is 0 Å². The largest absolute Gasteiger partial charge is 0.378 e. The molecule has 0 spiro atoms. The second-order valence-electron chi connectivity index (χ2n) is 8.65. The van der Waals surface area contributed by atoms with E-state index < -0.39 is 0 Å². The molecule has 1 aliphatic carbocycles. The zero-order valence-corrected chi connectivity index (χ0v) is 16.9. The van der Waals surface area contributed by atoms with Crippen LogP contribution < -0.4 is 5.73 Å². The molecule has 2 atom stereocenters. The average molecular weight is 379 g/mol. The number of hydrogen-bond donors (Lipinski definition) is 1. The number of nitrogens with two attached hydrogens (primary N) is 1. The van der Waals surface area contributed by atoms with Crippen molar-refractivity contribution >= 4 is 0 Å². The van der Waals surface area contributed by atoms with Gasteiger partial charge >= 0.3 is 0 Å². The van der Waals surface area contributed by atoms with Gasteiger partial charge in [0.2, 0.25) is 0 Å². The predicted molar refractivity (Wildman–Crippen MR) is 115 cm³/mol. The molecular formula is C25H34N2O. The molecule has 2 aromatic rings. The van der Waals surface area contributed by atoms with E-state index in [1.54, 1.807) is 0 Å². The van der Waals surface area contributed by atoms with Crippen molar-refractivity contribution in [1.82, 2.24) is 4.90 Å². The molecule has 0 bridgehead atoms. The summed E-state index contributed by atoms with van der Waals surface area (Å²) in [6, 6.07) is 22.0. The molecule has 1 aliphatic heterocycles. The zero-order chi connectivity index (χ0) is 19.2. The maximum Gasteiger partial charge on any atom is 0.0575 e. The van der Waals surface area contributed by atoms with Gasteiger partial charge in [-0.1, -0.05) is 60.7 Å². The summed E-state index contributed by atoms with van der Waals surface area (Å²) >= 11 is 0. The number of likely N-dealkylation sites (tertiary alicyclic amines) is 1. The number of ether oxygens (including phenoxy) is 1. The summed E-state index contributed by atoms with van der Waals surface area (Å²) in [6.07, 6.45) is 6.32. The van der Waals surface area contributed by atoms with Crippen LogP contribution in [0.25, 0.3) is 0 Å². The lowest BCUT2D eigenvalue weighted by atomic mass is 9.82. The Bertz CT molecular complexity index is 697. The Morgan fingerprint density at radius 2 is 1.54 bits per heavy atom. The lowest BCUT2D eigenvalue weighted by Crippen LogP contribution is -2.48. The maximum absolute atomic E-state index is 6.44. The first kappa shape index (κ1) is 19.6. The molecule has 28 heavy (non-hydrogen) atoms. The summed E-state index contributed by atoms with van der Waals surface area (Å²) in [5.74, 6) is 1.16. The van der Waals surface area contributed by atoms with E-state index in [4.69, 9.17) is 10.5 Å². The van der Waals surface area contributed by atoms with Crippen LogP contribution in [0, 0.1) is 5.92 Å². The highest BCUT2D eigenvalue weighted by molar-refractivity contribution is 5.20. The Labute approximate surface area is 169 Å². The molecule has 3 heteroatoms. The standard InChI is InChI=1S/C25H34N2O/c26-25-15-16-27(17-20-7-3-1-4-8-20)18-23(25)19-28-24-13-11-22(12-14-24)21-9-5-2-6-10-21/h1-10,22-25H,11-19,26H2/t22?,23?,24?,25-/m0/s1. The van der Waals surface area contributed by atoms with E-state index in [2.05, 4.69) is 65.6 Å². The quantitative estimate of drug-likeness (QED) is 0.800. The molecule has 3 nitrogen and oxygen atoms in total. The smallest absolute Gasteiger partial charge is 0.0575 e. The van der Waals surface area contributed by atoms with E-state index in [1.807, 2.05) is 0 Å². The molecule has 2 N–H and O–H groups in total. The first-order chi connectivity index (χ1) is 13.8. The van der Waals surface area contributed by atoms with Crippen LogP contribution in [-0.4, -0.2) is 36.7 Å². The molecule has 0 radical (unpaired) electrons. The Morgan fingerprint density at radius 3 is 2.25 bits per heavy atom. The van der Waals surface area contributed by atoms with Crippen molar-refractivity contribution in [2.45, 2.75) is 56.7 Å². The van der Waals surface area contributed by atoms with E-state index in [9.17, 15) is 0 Å². The molecule has 150 valence electrons. The molecule has 1 saturated heterocycles. The van der Waals surface area contributed by atoms with Crippen LogP contribution in [0.15, 0.2) is 60.7 Å². The first-order valence-corrected chi connectivity index (χ1v) is 11.0. The van der Waals surface area contributed by atoms with Crippen molar-refractivity contribution in [2.24, 2.45) is 11.7 Å². The van der Waals surface area contributed by atoms with Gasteiger partial charge in [0.25, 0.3) is 0 Å². The maximum atomic E-state index is 6.44. The van der Waals surface area contributed by atoms with E-state index in [-0.39, 0.29) is 6.04 Å². The predicted octanol–water partition coefficient (Wildman–Crippen LogP) is 4.58. The number of benzene rings is 2. The number of piperidine rings is 1. The number of rotatable bonds is 6. The summed E-state index contributed by atoms with van der Waals surface area (Å²) in [7, 11) is 0. The van der Waals surface area contributed by atoms with Gasteiger partial charge < -0.3 is 10.5 Å². The van der Waals surface area contributed by atoms with Crippen LogP contribution in [0.1, 0.15) is 49.1 Å². The van der Waals surface area contributed by atoms with Crippen LogP contribution in [0.4, 0.5) is 0 Å². The second kappa shape index (κ2) is 9.69. The van der Waals surface area contributed by atoms with E-state index >= 15 is 0 Å². The molecule has 1 unspecified atom stereocenters. The fourth-order valence-electron chi connectivity index (χ4n) is 4.83. The van der Waals surface area contributed by atoms with Crippen LogP contribution in [0.2, 0.25) is 0 Å². The lowest BCUT2D eigenvalue weighted by molar-refractivity contribution is -0.0162. The molecule has 1 heterocycles. The van der Waals surface area contributed by atoms with Crippen molar-refractivity contribution in [3.05, 3.63) is 71.8 Å². The fraction of sp³-hybridized carbons (Fsp3) is 0.520. The third kappa shape index (κ3) is 5.22. The molecule has 2 fully saturated rings.